The van der Waals surface area contributed by atoms with E-state index in [1.165, 1.54) is 38.5 Å². The minimum absolute atomic E-state index is 0.240. The summed E-state index contributed by atoms with van der Waals surface area (Å²) in [6.07, 6.45) is 16.6. The molecule has 0 fully saturated rings. The minimum atomic E-state index is -0.526. The molecule has 0 aromatic heterocycles. The fourth-order valence-corrected chi connectivity index (χ4v) is 1.91. The number of carbonyl (C=O) groups is 2. The third-order valence-electron chi connectivity index (χ3n) is 3.31. The molecule has 0 bridgehead atoms. The van der Waals surface area contributed by atoms with Crippen molar-refractivity contribution in [3.8, 4) is 0 Å². The Morgan fingerprint density at radius 3 is 2.04 bits per heavy atom. The fraction of sp³-hybridized carbons (Fsp3) is 0.684. The molecule has 0 atom stereocenters. The average molecular weight is 324 g/mol. The molecule has 132 valence electrons. The van der Waals surface area contributed by atoms with Gasteiger partial charge in [0.2, 0.25) is 0 Å². The van der Waals surface area contributed by atoms with Gasteiger partial charge in [0.25, 0.3) is 0 Å². The molecule has 0 aliphatic heterocycles. The van der Waals surface area contributed by atoms with Crippen LogP contribution < -0.4 is 0 Å². The van der Waals surface area contributed by atoms with E-state index >= 15 is 0 Å². The molecule has 0 aromatic rings. The molecule has 0 heterocycles. The summed E-state index contributed by atoms with van der Waals surface area (Å²) in [7, 11) is 0. The van der Waals surface area contributed by atoms with Gasteiger partial charge in [-0.3, -0.25) is 0 Å². The first kappa shape index (κ1) is 21.4. The van der Waals surface area contributed by atoms with Gasteiger partial charge in [0.15, 0.2) is 0 Å². The Kier molecular flexibility index (Phi) is 15.6. The van der Waals surface area contributed by atoms with E-state index in [4.69, 9.17) is 9.47 Å². The number of esters is 2. The van der Waals surface area contributed by atoms with Crippen molar-refractivity contribution in [2.75, 3.05) is 13.2 Å². The molecule has 0 N–H and O–H groups in total. The SMILES string of the molecule is CCCCCCCC/C=C/COC(=O)/C=C/C(=O)OCCCC. The van der Waals surface area contributed by atoms with Crippen LogP contribution in [0.3, 0.4) is 0 Å². The highest BCUT2D eigenvalue weighted by Crippen LogP contribution is 2.07. The highest BCUT2D eigenvalue weighted by atomic mass is 16.5. The van der Waals surface area contributed by atoms with Crippen LogP contribution in [0, 0.1) is 0 Å². The number of unbranched alkanes of at least 4 members (excludes halogenated alkanes) is 7. The zero-order chi connectivity index (χ0) is 17.2. The van der Waals surface area contributed by atoms with Crippen LogP contribution in [0.25, 0.3) is 0 Å². The van der Waals surface area contributed by atoms with Crippen LogP contribution >= 0.6 is 0 Å². The second-order valence-corrected chi connectivity index (χ2v) is 5.51. The first-order chi connectivity index (χ1) is 11.2. The van der Waals surface area contributed by atoms with Gasteiger partial charge in [0, 0.05) is 12.2 Å². The molecule has 0 saturated carbocycles. The van der Waals surface area contributed by atoms with Gasteiger partial charge in [-0.15, -0.1) is 0 Å². The Morgan fingerprint density at radius 1 is 0.739 bits per heavy atom. The van der Waals surface area contributed by atoms with E-state index in [1.807, 2.05) is 19.1 Å². The van der Waals surface area contributed by atoms with Crippen LogP contribution in [-0.4, -0.2) is 25.2 Å². The van der Waals surface area contributed by atoms with Gasteiger partial charge in [-0.2, -0.15) is 0 Å². The lowest BCUT2D eigenvalue weighted by molar-refractivity contribution is -0.140. The Bertz CT molecular complexity index is 358. The molecule has 0 radical (unpaired) electrons. The summed E-state index contributed by atoms with van der Waals surface area (Å²) >= 11 is 0. The van der Waals surface area contributed by atoms with Crippen LogP contribution in [0.5, 0.6) is 0 Å². The smallest absolute Gasteiger partial charge is 0.331 e. The zero-order valence-electron chi connectivity index (χ0n) is 14.7. The molecule has 0 aliphatic carbocycles. The lowest BCUT2D eigenvalue weighted by atomic mass is 10.1. The fourth-order valence-electron chi connectivity index (χ4n) is 1.91. The molecule has 23 heavy (non-hydrogen) atoms. The highest BCUT2D eigenvalue weighted by molar-refractivity contribution is 5.91. The van der Waals surface area contributed by atoms with Gasteiger partial charge in [0.05, 0.1) is 6.61 Å². The van der Waals surface area contributed by atoms with Crippen molar-refractivity contribution in [2.45, 2.75) is 71.6 Å². The van der Waals surface area contributed by atoms with E-state index in [1.54, 1.807) is 0 Å². The molecule has 0 aliphatic rings. The Labute approximate surface area is 140 Å². The molecule has 0 amide bonds. The molecule has 4 heteroatoms. The Morgan fingerprint density at radius 2 is 1.35 bits per heavy atom. The summed E-state index contributed by atoms with van der Waals surface area (Å²) in [5.41, 5.74) is 0. The van der Waals surface area contributed by atoms with Gasteiger partial charge in [0.1, 0.15) is 6.61 Å². The lowest BCUT2D eigenvalue weighted by Crippen LogP contribution is -2.05. The Balaban J connectivity index is 3.54. The summed E-state index contributed by atoms with van der Waals surface area (Å²) in [6.45, 7) is 4.86. The molecule has 0 saturated heterocycles. The summed E-state index contributed by atoms with van der Waals surface area (Å²) in [5, 5.41) is 0. The highest BCUT2D eigenvalue weighted by Gasteiger charge is 1.99. The summed E-state index contributed by atoms with van der Waals surface area (Å²) in [4.78, 5) is 22.6. The maximum Gasteiger partial charge on any atom is 0.331 e. The second kappa shape index (κ2) is 16.8. The quantitative estimate of drug-likeness (QED) is 0.200. The number of allylic oxidation sites excluding steroid dienone is 1. The summed E-state index contributed by atoms with van der Waals surface area (Å²) < 4.78 is 9.85. The van der Waals surface area contributed by atoms with Crippen LogP contribution in [-0.2, 0) is 19.1 Å². The van der Waals surface area contributed by atoms with Crippen molar-refractivity contribution in [1.82, 2.24) is 0 Å². The molecule has 0 rings (SSSR count). The van der Waals surface area contributed by atoms with Crippen molar-refractivity contribution < 1.29 is 19.1 Å². The average Bonchev–Trinajstić information content (AvgIpc) is 2.55. The van der Waals surface area contributed by atoms with Crippen LogP contribution in [0.15, 0.2) is 24.3 Å². The van der Waals surface area contributed by atoms with Crippen molar-refractivity contribution in [3.63, 3.8) is 0 Å². The van der Waals surface area contributed by atoms with Gasteiger partial charge in [-0.1, -0.05) is 64.5 Å². The van der Waals surface area contributed by atoms with Crippen LogP contribution in [0.2, 0.25) is 0 Å². The monoisotopic (exact) mass is 324 g/mol. The van der Waals surface area contributed by atoms with Crippen molar-refractivity contribution in [1.29, 1.82) is 0 Å². The van der Waals surface area contributed by atoms with Gasteiger partial charge < -0.3 is 9.47 Å². The number of carbonyl (C=O) groups excluding carboxylic acids is 2. The molecule has 0 aromatic carbocycles. The van der Waals surface area contributed by atoms with E-state index in [0.717, 1.165) is 31.4 Å². The van der Waals surface area contributed by atoms with E-state index in [2.05, 4.69) is 6.92 Å². The topological polar surface area (TPSA) is 52.6 Å². The van der Waals surface area contributed by atoms with Crippen molar-refractivity contribution in [2.24, 2.45) is 0 Å². The molecular formula is C19H32O4. The maximum absolute atomic E-state index is 11.4. The predicted molar refractivity (Wildman–Crippen MR) is 93.1 cm³/mol. The second-order valence-electron chi connectivity index (χ2n) is 5.51. The van der Waals surface area contributed by atoms with E-state index in [9.17, 15) is 9.59 Å². The third kappa shape index (κ3) is 16.6. The summed E-state index contributed by atoms with van der Waals surface area (Å²) in [6, 6.07) is 0. The third-order valence-corrected chi connectivity index (χ3v) is 3.31. The first-order valence-electron chi connectivity index (χ1n) is 8.87. The van der Waals surface area contributed by atoms with Crippen LogP contribution in [0.4, 0.5) is 0 Å². The molecule has 4 nitrogen and oxygen atoms in total. The normalized spacial score (nSPS) is 11.2. The molecular weight excluding hydrogens is 292 g/mol. The van der Waals surface area contributed by atoms with Crippen LogP contribution in [0.1, 0.15) is 71.6 Å². The lowest BCUT2D eigenvalue weighted by Gasteiger charge is -1.99. The van der Waals surface area contributed by atoms with Gasteiger partial charge >= 0.3 is 11.9 Å². The number of rotatable bonds is 14. The largest absolute Gasteiger partial charge is 0.463 e. The van der Waals surface area contributed by atoms with Crippen molar-refractivity contribution >= 4 is 11.9 Å². The van der Waals surface area contributed by atoms with Crippen molar-refractivity contribution in [3.05, 3.63) is 24.3 Å². The number of hydrogen-bond donors (Lipinski definition) is 0. The first-order valence-corrected chi connectivity index (χ1v) is 8.87. The zero-order valence-corrected chi connectivity index (χ0v) is 14.7. The number of hydrogen-bond acceptors (Lipinski definition) is 4. The predicted octanol–water partition coefficient (Wildman–Crippen LogP) is 4.74. The maximum atomic E-state index is 11.4. The van der Waals surface area contributed by atoms with Gasteiger partial charge in [-0.25, -0.2) is 9.59 Å². The Hall–Kier alpha value is -1.58. The molecule has 0 unspecified atom stereocenters. The van der Waals surface area contributed by atoms with Gasteiger partial charge in [-0.05, 0) is 19.3 Å². The van der Waals surface area contributed by atoms with E-state index < -0.39 is 11.9 Å². The van der Waals surface area contributed by atoms with E-state index in [0.29, 0.717) is 6.61 Å². The van der Waals surface area contributed by atoms with E-state index in [-0.39, 0.29) is 6.61 Å². The minimum Gasteiger partial charge on any atom is -0.463 e. The summed E-state index contributed by atoms with van der Waals surface area (Å²) in [5.74, 6) is -1.03. The standard InChI is InChI=1S/C19H32O4/c1-3-5-7-8-9-10-11-12-13-17-23-19(21)15-14-18(20)22-16-6-4-2/h12-15H,3-11,16-17H2,1-2H3/b13-12+,15-14+. The number of ether oxygens (including phenoxy) is 2. The molecule has 0 spiro atoms.